The molecule has 3 rings (SSSR count). The zero-order valence-electron chi connectivity index (χ0n) is 12.6. The van der Waals surface area contributed by atoms with Gasteiger partial charge in [-0.25, -0.2) is 0 Å². The van der Waals surface area contributed by atoms with Crippen molar-refractivity contribution >= 4 is 29.0 Å². The summed E-state index contributed by atoms with van der Waals surface area (Å²) in [4.78, 5) is 27.3. The van der Waals surface area contributed by atoms with E-state index < -0.39 is 5.54 Å². The first-order valence-electron chi connectivity index (χ1n) is 8.17. The van der Waals surface area contributed by atoms with Gasteiger partial charge in [-0.15, -0.1) is 0 Å². The van der Waals surface area contributed by atoms with Crippen LogP contribution in [0.15, 0.2) is 0 Å². The Morgan fingerprint density at radius 2 is 1.71 bits per heavy atom. The molecule has 0 spiro atoms. The SMILES string of the molecule is CCC1CCC(C(N)=S)(N2C(=O)C3CCC(C3)C2=O)CC1. The van der Waals surface area contributed by atoms with Crippen molar-refractivity contribution < 1.29 is 9.59 Å². The van der Waals surface area contributed by atoms with Gasteiger partial charge in [0.05, 0.1) is 4.99 Å². The summed E-state index contributed by atoms with van der Waals surface area (Å²) in [5.41, 5.74) is 5.36. The molecule has 116 valence electrons. The van der Waals surface area contributed by atoms with E-state index in [0.29, 0.717) is 10.9 Å². The second-order valence-corrected chi connectivity index (χ2v) is 7.41. The average Bonchev–Trinajstić information content (AvgIpc) is 2.93. The van der Waals surface area contributed by atoms with Gasteiger partial charge in [0.1, 0.15) is 5.54 Å². The smallest absolute Gasteiger partial charge is 0.233 e. The number of amides is 2. The normalized spacial score (nSPS) is 39.7. The lowest BCUT2D eigenvalue weighted by atomic mass is 9.73. The highest BCUT2D eigenvalue weighted by Gasteiger charge is 2.55. The zero-order chi connectivity index (χ0) is 15.2. The summed E-state index contributed by atoms with van der Waals surface area (Å²) >= 11 is 5.32. The molecule has 4 nitrogen and oxygen atoms in total. The molecule has 3 aliphatic rings. The molecule has 0 aromatic rings. The minimum atomic E-state index is -0.684. The maximum absolute atomic E-state index is 12.7. The molecule has 2 unspecified atom stereocenters. The van der Waals surface area contributed by atoms with Crippen molar-refractivity contribution in [3.05, 3.63) is 0 Å². The number of carbonyl (C=O) groups excluding carboxylic acids is 2. The van der Waals surface area contributed by atoms with Gasteiger partial charge in [0.15, 0.2) is 0 Å². The zero-order valence-corrected chi connectivity index (χ0v) is 13.5. The monoisotopic (exact) mass is 308 g/mol. The Hall–Kier alpha value is -0.970. The number of likely N-dealkylation sites (tertiary alicyclic amines) is 1. The summed E-state index contributed by atoms with van der Waals surface area (Å²) in [5, 5.41) is 0. The highest BCUT2D eigenvalue weighted by atomic mass is 32.1. The van der Waals surface area contributed by atoms with Gasteiger partial charge >= 0.3 is 0 Å². The van der Waals surface area contributed by atoms with E-state index in [1.807, 2.05) is 0 Å². The van der Waals surface area contributed by atoms with Gasteiger partial charge in [-0.3, -0.25) is 14.5 Å². The van der Waals surface area contributed by atoms with Crippen molar-refractivity contribution in [3.8, 4) is 0 Å². The predicted molar refractivity (Wildman–Crippen MR) is 84.4 cm³/mol. The van der Waals surface area contributed by atoms with Crippen molar-refractivity contribution in [2.24, 2.45) is 23.5 Å². The van der Waals surface area contributed by atoms with Gasteiger partial charge in [-0.1, -0.05) is 25.6 Å². The van der Waals surface area contributed by atoms with E-state index >= 15 is 0 Å². The summed E-state index contributed by atoms with van der Waals surface area (Å²) < 4.78 is 0. The van der Waals surface area contributed by atoms with Crippen LogP contribution in [0.4, 0.5) is 0 Å². The van der Waals surface area contributed by atoms with Crippen LogP contribution in [-0.4, -0.2) is 27.2 Å². The lowest BCUT2D eigenvalue weighted by molar-refractivity contribution is -0.159. The van der Waals surface area contributed by atoms with Gasteiger partial charge in [0.2, 0.25) is 11.8 Å². The van der Waals surface area contributed by atoms with Crippen LogP contribution in [-0.2, 0) is 9.59 Å². The molecular weight excluding hydrogens is 284 g/mol. The maximum Gasteiger partial charge on any atom is 0.233 e. The number of rotatable bonds is 3. The molecule has 2 amide bonds. The van der Waals surface area contributed by atoms with E-state index in [2.05, 4.69) is 6.92 Å². The Bertz CT molecular complexity index is 461. The molecule has 2 bridgehead atoms. The van der Waals surface area contributed by atoms with Gasteiger partial charge in [-0.05, 0) is 50.9 Å². The maximum atomic E-state index is 12.7. The fourth-order valence-corrected chi connectivity index (χ4v) is 4.76. The van der Waals surface area contributed by atoms with Crippen molar-refractivity contribution in [2.45, 2.75) is 63.8 Å². The largest absolute Gasteiger partial charge is 0.391 e. The Balaban J connectivity index is 1.92. The van der Waals surface area contributed by atoms with E-state index in [1.54, 1.807) is 0 Å². The van der Waals surface area contributed by atoms with Crippen LogP contribution in [0.5, 0.6) is 0 Å². The third-order valence-electron chi connectivity index (χ3n) is 5.97. The third kappa shape index (κ3) is 2.20. The first-order chi connectivity index (χ1) is 9.99. The Morgan fingerprint density at radius 1 is 1.19 bits per heavy atom. The number of nitrogens with zero attached hydrogens (tertiary/aromatic N) is 1. The van der Waals surface area contributed by atoms with Gasteiger partial charge in [0, 0.05) is 11.8 Å². The van der Waals surface area contributed by atoms with E-state index in [0.717, 1.165) is 51.4 Å². The first kappa shape index (κ1) is 14.9. The third-order valence-corrected chi connectivity index (χ3v) is 6.35. The van der Waals surface area contributed by atoms with Crippen molar-refractivity contribution in [2.75, 3.05) is 0 Å². The number of hydrogen-bond donors (Lipinski definition) is 1. The van der Waals surface area contributed by atoms with Crippen LogP contribution in [0.2, 0.25) is 0 Å². The molecule has 1 aliphatic heterocycles. The Morgan fingerprint density at radius 3 is 2.14 bits per heavy atom. The van der Waals surface area contributed by atoms with Gasteiger partial charge < -0.3 is 5.73 Å². The Labute approximate surface area is 131 Å². The van der Waals surface area contributed by atoms with Crippen molar-refractivity contribution in [1.82, 2.24) is 4.90 Å². The summed E-state index contributed by atoms with van der Waals surface area (Å²) in [6, 6.07) is 0. The van der Waals surface area contributed by atoms with Crippen LogP contribution in [0.1, 0.15) is 58.3 Å². The molecule has 2 saturated carbocycles. The minimum absolute atomic E-state index is 0.0165. The average molecular weight is 308 g/mol. The van der Waals surface area contributed by atoms with E-state index in [4.69, 9.17) is 18.0 Å². The van der Waals surface area contributed by atoms with Gasteiger partial charge in [0.25, 0.3) is 0 Å². The predicted octanol–water partition coefficient (Wildman–Crippen LogP) is 2.40. The van der Waals surface area contributed by atoms with E-state index in [1.165, 1.54) is 4.90 Å². The number of fused-ring (bicyclic) bond motifs is 2. The van der Waals surface area contributed by atoms with Crippen LogP contribution in [0.3, 0.4) is 0 Å². The molecule has 2 aliphatic carbocycles. The number of nitrogens with two attached hydrogens (primary N) is 1. The second-order valence-electron chi connectivity index (χ2n) is 6.97. The number of hydrogen-bond acceptors (Lipinski definition) is 3. The standard InChI is InChI=1S/C16H24N2O2S/c1-2-10-5-7-16(8-6-10,15(17)21)18-13(19)11-3-4-12(9-11)14(18)20/h10-12H,2-9H2,1H3,(H2,17,21). The second kappa shape index (κ2) is 5.34. The molecular formula is C16H24N2O2S. The van der Waals surface area contributed by atoms with Crippen molar-refractivity contribution in [3.63, 3.8) is 0 Å². The fourth-order valence-electron chi connectivity index (χ4n) is 4.47. The van der Waals surface area contributed by atoms with Crippen LogP contribution in [0, 0.1) is 17.8 Å². The molecule has 2 atom stereocenters. The van der Waals surface area contributed by atoms with E-state index in [-0.39, 0.29) is 23.7 Å². The van der Waals surface area contributed by atoms with Crippen LogP contribution < -0.4 is 5.73 Å². The molecule has 2 N–H and O–H groups in total. The lowest BCUT2D eigenvalue weighted by Crippen LogP contribution is -2.65. The molecule has 0 aromatic carbocycles. The minimum Gasteiger partial charge on any atom is -0.391 e. The number of imide groups is 1. The summed E-state index contributed by atoms with van der Waals surface area (Å²) in [5.74, 6) is 0.665. The first-order valence-corrected chi connectivity index (χ1v) is 8.58. The Kier molecular flexibility index (Phi) is 3.80. The highest BCUT2D eigenvalue weighted by molar-refractivity contribution is 7.80. The summed E-state index contributed by atoms with van der Waals surface area (Å²) in [7, 11) is 0. The van der Waals surface area contributed by atoms with E-state index in [9.17, 15) is 9.59 Å². The number of piperidine rings is 1. The summed E-state index contributed by atoms with van der Waals surface area (Å²) in [6.45, 7) is 2.19. The van der Waals surface area contributed by atoms with Crippen LogP contribution in [0.25, 0.3) is 0 Å². The number of thiocarbonyl (C=S) groups is 1. The molecule has 1 heterocycles. The number of carbonyl (C=O) groups is 2. The fraction of sp³-hybridized carbons (Fsp3) is 0.812. The lowest BCUT2D eigenvalue weighted by Gasteiger charge is -2.48. The molecule has 3 fully saturated rings. The molecule has 1 saturated heterocycles. The molecule has 21 heavy (non-hydrogen) atoms. The van der Waals surface area contributed by atoms with Crippen LogP contribution >= 0.6 is 12.2 Å². The van der Waals surface area contributed by atoms with Crippen molar-refractivity contribution in [1.29, 1.82) is 0 Å². The molecule has 0 aromatic heterocycles. The highest BCUT2D eigenvalue weighted by Crippen LogP contribution is 2.45. The van der Waals surface area contributed by atoms with Gasteiger partial charge in [-0.2, -0.15) is 0 Å². The summed E-state index contributed by atoms with van der Waals surface area (Å²) in [6.07, 6.45) is 7.06. The topological polar surface area (TPSA) is 63.4 Å². The molecule has 5 heteroatoms. The quantitative estimate of drug-likeness (QED) is 0.642. The molecule has 0 radical (unpaired) electrons.